The first-order valence-corrected chi connectivity index (χ1v) is 6.65. The lowest BCUT2D eigenvalue weighted by atomic mass is 10.1. The van der Waals surface area contributed by atoms with Gasteiger partial charge in [-0.1, -0.05) is 53.9 Å². The van der Waals surface area contributed by atoms with Crippen LogP contribution in [0, 0.1) is 6.92 Å². The molecule has 2 aromatic rings. The fourth-order valence-corrected chi connectivity index (χ4v) is 2.22. The number of nitrogens with zero attached hydrogens (tertiary/aromatic N) is 2. The molecule has 2 nitrogen and oxygen atoms in total. The molecule has 0 N–H and O–H groups in total. The second kappa shape index (κ2) is 5.43. The highest BCUT2D eigenvalue weighted by atomic mass is 35.5. The summed E-state index contributed by atoms with van der Waals surface area (Å²) in [6, 6.07) is 5.45. The number of hydrogen-bond acceptors (Lipinski definition) is 2. The van der Waals surface area contributed by atoms with Crippen molar-refractivity contribution in [1.29, 1.82) is 0 Å². The fraction of sp³-hybridized carbons (Fsp3) is 0.231. The minimum Gasteiger partial charge on any atom is -0.232 e. The normalized spacial score (nSPS) is 10.7. The number of aryl methyl sites for hydroxylation is 1. The van der Waals surface area contributed by atoms with Gasteiger partial charge >= 0.3 is 0 Å². The van der Waals surface area contributed by atoms with Crippen LogP contribution in [0.5, 0.6) is 0 Å². The molecule has 0 spiro atoms. The summed E-state index contributed by atoms with van der Waals surface area (Å²) in [5.41, 5.74) is 2.32. The Morgan fingerprint density at radius 3 is 2.50 bits per heavy atom. The van der Waals surface area contributed by atoms with Crippen LogP contribution in [0.3, 0.4) is 0 Å². The van der Waals surface area contributed by atoms with Crippen molar-refractivity contribution in [3.8, 4) is 11.3 Å². The van der Waals surface area contributed by atoms with Crippen LogP contribution >= 0.6 is 34.8 Å². The highest BCUT2D eigenvalue weighted by Crippen LogP contribution is 2.35. The summed E-state index contributed by atoms with van der Waals surface area (Å²) < 4.78 is 0. The number of aromatic nitrogens is 2. The summed E-state index contributed by atoms with van der Waals surface area (Å²) in [6.45, 7) is 3.85. The third-order valence-corrected chi connectivity index (χ3v) is 3.84. The minimum atomic E-state index is 0.452. The summed E-state index contributed by atoms with van der Waals surface area (Å²) in [4.78, 5) is 8.69. The average Bonchev–Trinajstić information content (AvgIpc) is 2.36. The van der Waals surface area contributed by atoms with E-state index in [1.54, 1.807) is 6.07 Å². The van der Waals surface area contributed by atoms with E-state index in [9.17, 15) is 0 Å². The van der Waals surface area contributed by atoms with E-state index in [2.05, 4.69) is 9.97 Å². The van der Waals surface area contributed by atoms with Crippen LogP contribution in [-0.4, -0.2) is 9.97 Å². The fourth-order valence-electron chi connectivity index (χ4n) is 1.64. The first-order chi connectivity index (χ1) is 8.54. The molecule has 0 aliphatic heterocycles. The van der Waals surface area contributed by atoms with E-state index in [4.69, 9.17) is 34.8 Å². The van der Waals surface area contributed by atoms with Crippen molar-refractivity contribution in [2.45, 2.75) is 20.3 Å². The van der Waals surface area contributed by atoms with E-state index in [0.29, 0.717) is 27.4 Å². The smallest absolute Gasteiger partial charge is 0.136 e. The molecule has 18 heavy (non-hydrogen) atoms. The molecule has 0 aliphatic carbocycles. The van der Waals surface area contributed by atoms with Gasteiger partial charge in [0.2, 0.25) is 0 Å². The number of hydrogen-bond donors (Lipinski definition) is 0. The van der Waals surface area contributed by atoms with Crippen LogP contribution in [-0.2, 0) is 6.42 Å². The first kappa shape index (κ1) is 13.6. The topological polar surface area (TPSA) is 25.8 Å². The molecule has 0 aliphatic rings. The van der Waals surface area contributed by atoms with Gasteiger partial charge in [0.1, 0.15) is 11.0 Å². The van der Waals surface area contributed by atoms with Gasteiger partial charge < -0.3 is 0 Å². The van der Waals surface area contributed by atoms with Gasteiger partial charge in [-0.2, -0.15) is 0 Å². The molecule has 2 rings (SSSR count). The van der Waals surface area contributed by atoms with E-state index >= 15 is 0 Å². The summed E-state index contributed by atoms with van der Waals surface area (Å²) in [6.07, 6.45) is 0.713. The molecular weight excluding hydrogens is 291 g/mol. The van der Waals surface area contributed by atoms with Gasteiger partial charge in [0.25, 0.3) is 0 Å². The lowest BCUT2D eigenvalue weighted by Crippen LogP contribution is -2.00. The Hall–Kier alpha value is -0.830. The van der Waals surface area contributed by atoms with Gasteiger partial charge in [-0.25, -0.2) is 9.97 Å². The van der Waals surface area contributed by atoms with Crippen LogP contribution in [0.1, 0.15) is 18.3 Å². The van der Waals surface area contributed by atoms with E-state index < -0.39 is 0 Å². The average molecular weight is 302 g/mol. The largest absolute Gasteiger partial charge is 0.232 e. The van der Waals surface area contributed by atoms with Crippen molar-refractivity contribution in [3.05, 3.63) is 44.8 Å². The number of rotatable bonds is 2. The zero-order valence-electron chi connectivity index (χ0n) is 9.97. The van der Waals surface area contributed by atoms with Crippen LogP contribution in [0.15, 0.2) is 18.2 Å². The third-order valence-electron chi connectivity index (χ3n) is 2.66. The molecule has 0 saturated carbocycles. The second-order valence-corrected chi connectivity index (χ2v) is 5.00. The standard InChI is InChI=1S/C13H11Cl3N2/c1-3-10-17-12(7(2)13(16)18-10)8-5-4-6-9(14)11(8)15/h4-6H,3H2,1-2H3. The maximum atomic E-state index is 6.21. The summed E-state index contributed by atoms with van der Waals surface area (Å²) in [5, 5.41) is 1.44. The molecule has 94 valence electrons. The van der Waals surface area contributed by atoms with Crippen LogP contribution in [0.2, 0.25) is 15.2 Å². The molecule has 0 fully saturated rings. The molecule has 1 aromatic carbocycles. The van der Waals surface area contributed by atoms with Crippen molar-refractivity contribution in [2.24, 2.45) is 0 Å². The van der Waals surface area contributed by atoms with Gasteiger partial charge in [0.15, 0.2) is 0 Å². The Balaban J connectivity index is 2.70. The molecular formula is C13H11Cl3N2. The van der Waals surface area contributed by atoms with Gasteiger partial charge in [-0.15, -0.1) is 0 Å². The number of benzene rings is 1. The summed E-state index contributed by atoms with van der Waals surface area (Å²) >= 11 is 18.3. The zero-order chi connectivity index (χ0) is 13.3. The lowest BCUT2D eigenvalue weighted by molar-refractivity contribution is 0.934. The Morgan fingerprint density at radius 1 is 1.11 bits per heavy atom. The van der Waals surface area contributed by atoms with Crippen molar-refractivity contribution < 1.29 is 0 Å². The quantitative estimate of drug-likeness (QED) is 0.731. The van der Waals surface area contributed by atoms with Crippen molar-refractivity contribution in [2.75, 3.05) is 0 Å². The molecule has 1 aromatic heterocycles. The zero-order valence-corrected chi connectivity index (χ0v) is 12.2. The maximum Gasteiger partial charge on any atom is 0.136 e. The molecule has 1 heterocycles. The molecule has 0 saturated heterocycles. The van der Waals surface area contributed by atoms with Gasteiger partial charge in [-0.3, -0.25) is 0 Å². The highest BCUT2D eigenvalue weighted by Gasteiger charge is 2.14. The van der Waals surface area contributed by atoms with Crippen molar-refractivity contribution in [1.82, 2.24) is 9.97 Å². The Labute approximate surface area is 121 Å². The first-order valence-electron chi connectivity index (χ1n) is 5.52. The van der Waals surface area contributed by atoms with Crippen molar-refractivity contribution in [3.63, 3.8) is 0 Å². The molecule has 0 radical (unpaired) electrons. The van der Waals surface area contributed by atoms with Crippen LogP contribution in [0.25, 0.3) is 11.3 Å². The van der Waals surface area contributed by atoms with Gasteiger partial charge in [0, 0.05) is 17.5 Å². The molecule has 0 atom stereocenters. The van der Waals surface area contributed by atoms with E-state index in [0.717, 1.165) is 16.8 Å². The summed E-state index contributed by atoms with van der Waals surface area (Å²) in [5.74, 6) is 0.691. The van der Waals surface area contributed by atoms with Gasteiger partial charge in [0.05, 0.1) is 15.7 Å². The molecule has 0 bridgehead atoms. The molecule has 0 amide bonds. The number of halogens is 3. The van der Waals surface area contributed by atoms with Gasteiger partial charge in [-0.05, 0) is 13.0 Å². The SMILES string of the molecule is CCc1nc(Cl)c(C)c(-c2cccc(Cl)c2Cl)n1. The Bertz CT molecular complexity index is 597. The lowest BCUT2D eigenvalue weighted by Gasteiger charge is -2.10. The second-order valence-electron chi connectivity index (χ2n) is 3.86. The minimum absolute atomic E-state index is 0.452. The predicted molar refractivity (Wildman–Crippen MR) is 76.6 cm³/mol. The summed E-state index contributed by atoms with van der Waals surface area (Å²) in [7, 11) is 0. The maximum absolute atomic E-state index is 6.21. The van der Waals surface area contributed by atoms with Crippen molar-refractivity contribution >= 4 is 34.8 Å². The third kappa shape index (κ3) is 2.46. The van der Waals surface area contributed by atoms with E-state index in [-0.39, 0.29) is 0 Å². The van der Waals surface area contributed by atoms with E-state index in [1.807, 2.05) is 26.0 Å². The van der Waals surface area contributed by atoms with Crippen LogP contribution < -0.4 is 0 Å². The van der Waals surface area contributed by atoms with Crippen LogP contribution in [0.4, 0.5) is 0 Å². The van der Waals surface area contributed by atoms with E-state index in [1.165, 1.54) is 0 Å². The highest BCUT2D eigenvalue weighted by molar-refractivity contribution is 6.43. The molecule has 5 heteroatoms. The monoisotopic (exact) mass is 300 g/mol. The molecule has 0 unspecified atom stereocenters. The Kier molecular flexibility index (Phi) is 4.10. The Morgan fingerprint density at radius 2 is 1.83 bits per heavy atom. The predicted octanol–water partition coefficient (Wildman–Crippen LogP) is 4.97.